The van der Waals surface area contributed by atoms with E-state index >= 15 is 0 Å². The Hall–Kier alpha value is -0.160. The van der Waals surface area contributed by atoms with Gasteiger partial charge in [-0.3, -0.25) is 9.59 Å². The highest BCUT2D eigenvalue weighted by atomic mass is 79.9. The number of ether oxygens (including phenoxy) is 2. The standard InChI is InChI=1S/C22H8Br4O4S6/c1-5(27)29-9-3-7-15(33-9)11(23)17(31-7)19-13(25)21-22(35-19)14(26)20(36-21)18-12(24)16-8(32-18)4-10(34-16)30-6(2)28/h3-4H,1-2H3. The van der Waals surface area contributed by atoms with Crippen LogP contribution in [-0.4, -0.2) is 11.9 Å². The summed E-state index contributed by atoms with van der Waals surface area (Å²) in [5, 5.41) is 1.21. The zero-order valence-electron chi connectivity index (χ0n) is 17.7. The van der Waals surface area contributed by atoms with Crippen LogP contribution in [0.1, 0.15) is 13.8 Å². The van der Waals surface area contributed by atoms with Crippen LogP contribution >= 0.6 is 132 Å². The van der Waals surface area contributed by atoms with Crippen molar-refractivity contribution < 1.29 is 19.1 Å². The molecule has 184 valence electrons. The van der Waals surface area contributed by atoms with Gasteiger partial charge in [-0.05, 0) is 63.7 Å². The van der Waals surface area contributed by atoms with E-state index in [0.29, 0.717) is 10.1 Å². The van der Waals surface area contributed by atoms with Crippen molar-refractivity contribution in [3.8, 4) is 29.6 Å². The molecule has 0 atom stereocenters. The van der Waals surface area contributed by atoms with Crippen LogP contribution in [0.3, 0.4) is 0 Å². The molecule has 0 saturated heterocycles. The average molecular weight is 848 g/mol. The van der Waals surface area contributed by atoms with Crippen LogP contribution in [-0.2, 0) is 9.59 Å². The summed E-state index contributed by atoms with van der Waals surface area (Å²) in [6.07, 6.45) is 0. The largest absolute Gasteiger partial charge is 0.416 e. The third-order valence-corrected chi connectivity index (χ3v) is 17.6. The molecule has 0 saturated carbocycles. The lowest BCUT2D eigenvalue weighted by molar-refractivity contribution is -0.132. The van der Waals surface area contributed by atoms with E-state index in [4.69, 9.17) is 9.47 Å². The Morgan fingerprint density at radius 3 is 1.22 bits per heavy atom. The van der Waals surface area contributed by atoms with Crippen LogP contribution in [0.5, 0.6) is 10.1 Å². The Morgan fingerprint density at radius 2 is 0.889 bits per heavy atom. The normalized spacial score (nSPS) is 11.8. The molecule has 0 bridgehead atoms. The Balaban J connectivity index is 1.41. The quantitative estimate of drug-likeness (QED) is 0.166. The second-order valence-corrected chi connectivity index (χ2v) is 16.7. The van der Waals surface area contributed by atoms with Gasteiger partial charge in [0.15, 0.2) is 10.1 Å². The second-order valence-electron chi connectivity index (χ2n) is 7.34. The first-order valence-electron chi connectivity index (χ1n) is 9.83. The van der Waals surface area contributed by atoms with E-state index in [1.54, 1.807) is 45.3 Å². The van der Waals surface area contributed by atoms with E-state index in [-0.39, 0.29) is 11.9 Å². The Morgan fingerprint density at radius 1 is 0.556 bits per heavy atom. The lowest BCUT2D eigenvalue weighted by Crippen LogP contribution is -1.98. The average Bonchev–Trinajstić information content (AvgIpc) is 3.60. The van der Waals surface area contributed by atoms with Gasteiger partial charge in [-0.1, -0.05) is 22.7 Å². The van der Waals surface area contributed by atoms with Crippen LogP contribution in [0, 0.1) is 0 Å². The van der Waals surface area contributed by atoms with Gasteiger partial charge in [0.25, 0.3) is 0 Å². The first kappa shape index (κ1) is 26.1. The molecule has 6 heterocycles. The fourth-order valence-corrected chi connectivity index (χ4v) is 15.5. The van der Waals surface area contributed by atoms with Crippen molar-refractivity contribution in [3.63, 3.8) is 0 Å². The van der Waals surface area contributed by atoms with Gasteiger partial charge in [0, 0.05) is 26.0 Å². The summed E-state index contributed by atoms with van der Waals surface area (Å²) in [7, 11) is 0. The number of hydrogen-bond donors (Lipinski definition) is 0. The number of thiophene rings is 6. The van der Waals surface area contributed by atoms with E-state index in [0.717, 1.165) is 56.2 Å². The van der Waals surface area contributed by atoms with Crippen LogP contribution in [0.15, 0.2) is 30.0 Å². The van der Waals surface area contributed by atoms with Crippen molar-refractivity contribution in [2.45, 2.75) is 13.8 Å². The lowest BCUT2D eigenvalue weighted by Gasteiger charge is -1.99. The number of esters is 2. The molecule has 4 nitrogen and oxygen atoms in total. The molecular formula is C22H8Br4O4S6. The van der Waals surface area contributed by atoms with Crippen LogP contribution < -0.4 is 9.47 Å². The Kier molecular flexibility index (Phi) is 7.09. The summed E-state index contributed by atoms with van der Waals surface area (Å²) in [6.45, 7) is 2.82. The first-order valence-corrected chi connectivity index (χ1v) is 17.9. The highest BCUT2D eigenvalue weighted by Crippen LogP contribution is 2.59. The van der Waals surface area contributed by atoms with E-state index in [2.05, 4.69) is 63.7 Å². The van der Waals surface area contributed by atoms with E-state index in [1.807, 2.05) is 12.1 Å². The molecule has 6 aromatic rings. The topological polar surface area (TPSA) is 52.6 Å². The SMILES string of the molecule is CC(=O)Oc1cc2sc(-c3sc4c(Br)c(-c5sc6cc(OC(C)=O)sc6c5Br)sc4c3Br)c(Br)c2s1. The smallest absolute Gasteiger partial charge is 0.308 e. The molecule has 0 aliphatic heterocycles. The molecule has 0 radical (unpaired) electrons. The monoisotopic (exact) mass is 844 g/mol. The maximum atomic E-state index is 11.3. The molecule has 0 N–H and O–H groups in total. The van der Waals surface area contributed by atoms with Crippen molar-refractivity contribution >= 4 is 172 Å². The van der Waals surface area contributed by atoms with Gasteiger partial charge >= 0.3 is 11.9 Å². The highest BCUT2D eigenvalue weighted by Gasteiger charge is 2.26. The van der Waals surface area contributed by atoms with Crippen molar-refractivity contribution in [3.05, 3.63) is 30.0 Å². The second kappa shape index (κ2) is 9.79. The molecule has 0 aliphatic rings. The number of carbonyl (C=O) groups is 2. The zero-order valence-corrected chi connectivity index (χ0v) is 29.0. The molecule has 0 unspecified atom stereocenters. The summed E-state index contributed by atoms with van der Waals surface area (Å²) in [5.74, 6) is -0.631. The number of carbonyl (C=O) groups excluding carboxylic acids is 2. The van der Waals surface area contributed by atoms with Crippen molar-refractivity contribution in [1.82, 2.24) is 0 Å². The molecule has 14 heteroatoms. The van der Waals surface area contributed by atoms with Gasteiger partial charge in [0.1, 0.15) is 0 Å². The maximum Gasteiger partial charge on any atom is 0.308 e. The van der Waals surface area contributed by atoms with Gasteiger partial charge < -0.3 is 9.47 Å². The van der Waals surface area contributed by atoms with Crippen molar-refractivity contribution in [2.24, 2.45) is 0 Å². The third kappa shape index (κ3) is 4.33. The molecular weight excluding hydrogens is 840 g/mol. The van der Waals surface area contributed by atoms with Crippen LogP contribution in [0.25, 0.3) is 47.7 Å². The van der Waals surface area contributed by atoms with Gasteiger partial charge in [-0.2, -0.15) is 0 Å². The predicted molar refractivity (Wildman–Crippen MR) is 171 cm³/mol. The van der Waals surface area contributed by atoms with E-state index in [1.165, 1.54) is 45.9 Å². The molecule has 0 aromatic carbocycles. The molecule has 0 fully saturated rings. The van der Waals surface area contributed by atoms with Gasteiger partial charge in [0.05, 0.1) is 65.6 Å². The van der Waals surface area contributed by atoms with Gasteiger partial charge in [-0.15, -0.1) is 45.3 Å². The van der Waals surface area contributed by atoms with Crippen LogP contribution in [0.2, 0.25) is 0 Å². The molecule has 0 aliphatic carbocycles. The van der Waals surface area contributed by atoms with Crippen LogP contribution in [0.4, 0.5) is 0 Å². The molecule has 36 heavy (non-hydrogen) atoms. The Labute approximate surface area is 261 Å². The van der Waals surface area contributed by atoms with Gasteiger partial charge in [-0.25, -0.2) is 0 Å². The first-order chi connectivity index (χ1) is 17.1. The fraction of sp³-hybridized carbons (Fsp3) is 0.0909. The highest BCUT2D eigenvalue weighted by molar-refractivity contribution is 9.11. The number of hydrogen-bond acceptors (Lipinski definition) is 10. The number of rotatable bonds is 4. The van der Waals surface area contributed by atoms with E-state index in [9.17, 15) is 9.59 Å². The summed E-state index contributed by atoms with van der Waals surface area (Å²) < 4.78 is 21.4. The summed E-state index contributed by atoms with van der Waals surface area (Å²) in [5.41, 5.74) is 0. The Bertz CT molecular complexity index is 1730. The molecule has 0 amide bonds. The third-order valence-electron chi connectivity index (χ3n) is 4.89. The van der Waals surface area contributed by atoms with Gasteiger partial charge in [0.2, 0.25) is 0 Å². The lowest BCUT2D eigenvalue weighted by atomic mass is 10.3. The summed E-state index contributed by atoms with van der Waals surface area (Å²) >= 11 is 25.1. The van der Waals surface area contributed by atoms with Crippen molar-refractivity contribution in [2.75, 3.05) is 0 Å². The molecule has 0 spiro atoms. The molecule has 6 rings (SSSR count). The fourth-order valence-electron chi connectivity index (χ4n) is 3.53. The number of halogens is 4. The maximum absolute atomic E-state index is 11.3. The molecule has 6 aromatic heterocycles. The summed E-state index contributed by atoms with van der Waals surface area (Å²) in [6, 6.07) is 3.84. The minimum atomic E-state index is -0.316. The minimum Gasteiger partial charge on any atom is -0.416 e. The number of fused-ring (bicyclic) bond motifs is 3. The van der Waals surface area contributed by atoms with Crippen molar-refractivity contribution in [1.29, 1.82) is 0 Å². The van der Waals surface area contributed by atoms with E-state index < -0.39 is 0 Å². The predicted octanol–water partition coefficient (Wildman–Crippen LogP) is 11.7. The summed E-state index contributed by atoms with van der Waals surface area (Å²) in [4.78, 5) is 27.3. The zero-order chi connectivity index (χ0) is 25.5. The minimum absolute atomic E-state index is 0.316.